The SMILES string of the molecule is CCCC1CN(CCN2CCSCC2)CCCN1. The molecule has 0 radical (unpaired) electrons. The zero-order chi connectivity index (χ0) is 12.6. The summed E-state index contributed by atoms with van der Waals surface area (Å²) in [5.74, 6) is 2.67. The number of nitrogens with one attached hydrogen (secondary N) is 1. The highest BCUT2D eigenvalue weighted by Crippen LogP contribution is 2.10. The Bertz CT molecular complexity index is 219. The zero-order valence-electron chi connectivity index (χ0n) is 11.9. The van der Waals surface area contributed by atoms with Gasteiger partial charge in [-0.25, -0.2) is 0 Å². The predicted octanol–water partition coefficient (Wildman–Crippen LogP) is 1.50. The van der Waals surface area contributed by atoms with Crippen LogP contribution in [0.3, 0.4) is 0 Å². The lowest BCUT2D eigenvalue weighted by atomic mass is 10.1. The van der Waals surface area contributed by atoms with Crippen molar-refractivity contribution in [3.8, 4) is 0 Å². The Morgan fingerprint density at radius 3 is 2.67 bits per heavy atom. The van der Waals surface area contributed by atoms with Crippen LogP contribution in [0.1, 0.15) is 26.2 Å². The number of nitrogens with zero attached hydrogens (tertiary/aromatic N) is 2. The molecule has 2 heterocycles. The van der Waals surface area contributed by atoms with E-state index in [0.29, 0.717) is 0 Å². The molecule has 3 nitrogen and oxygen atoms in total. The van der Waals surface area contributed by atoms with Gasteiger partial charge in [0.25, 0.3) is 0 Å². The molecule has 2 fully saturated rings. The number of thioether (sulfide) groups is 1. The van der Waals surface area contributed by atoms with Crippen molar-refractivity contribution in [3.05, 3.63) is 0 Å². The van der Waals surface area contributed by atoms with Gasteiger partial charge in [0, 0.05) is 50.3 Å². The monoisotopic (exact) mass is 271 g/mol. The number of hydrogen-bond donors (Lipinski definition) is 1. The normalized spacial score (nSPS) is 28.2. The first kappa shape index (κ1) is 14.6. The molecule has 0 amide bonds. The highest BCUT2D eigenvalue weighted by Gasteiger charge is 2.18. The largest absolute Gasteiger partial charge is 0.313 e. The Kier molecular flexibility index (Phi) is 6.84. The van der Waals surface area contributed by atoms with Gasteiger partial charge in [0.2, 0.25) is 0 Å². The second-order valence-electron chi connectivity index (χ2n) is 5.55. The van der Waals surface area contributed by atoms with Crippen LogP contribution in [0.5, 0.6) is 0 Å². The predicted molar refractivity (Wildman–Crippen MR) is 81.5 cm³/mol. The molecule has 2 rings (SSSR count). The maximum Gasteiger partial charge on any atom is 0.0194 e. The fourth-order valence-electron chi connectivity index (χ4n) is 2.93. The molecule has 1 atom stereocenters. The van der Waals surface area contributed by atoms with Crippen LogP contribution in [0.15, 0.2) is 0 Å². The lowest BCUT2D eigenvalue weighted by molar-refractivity contribution is 0.209. The Hall–Kier alpha value is 0.230. The summed E-state index contributed by atoms with van der Waals surface area (Å²) in [6, 6.07) is 0.731. The van der Waals surface area contributed by atoms with E-state index < -0.39 is 0 Å². The summed E-state index contributed by atoms with van der Waals surface area (Å²) < 4.78 is 0. The average Bonchev–Trinajstić information content (AvgIpc) is 2.63. The van der Waals surface area contributed by atoms with Crippen LogP contribution in [0, 0.1) is 0 Å². The third-order valence-corrected chi connectivity index (χ3v) is 4.98. The van der Waals surface area contributed by atoms with E-state index in [1.54, 1.807) is 0 Å². The summed E-state index contributed by atoms with van der Waals surface area (Å²) in [7, 11) is 0. The van der Waals surface area contributed by atoms with Gasteiger partial charge in [-0.2, -0.15) is 11.8 Å². The molecule has 0 spiro atoms. The molecular formula is C14H29N3S. The van der Waals surface area contributed by atoms with Gasteiger partial charge in [-0.05, 0) is 25.9 Å². The standard InChI is InChI=1S/C14H29N3S/c1-2-4-14-13-17(6-3-5-15-14)8-7-16-9-11-18-12-10-16/h14-15H,2-13H2,1H3. The molecule has 18 heavy (non-hydrogen) atoms. The number of hydrogen-bond acceptors (Lipinski definition) is 4. The maximum absolute atomic E-state index is 3.69. The van der Waals surface area contributed by atoms with Crippen LogP contribution in [0.4, 0.5) is 0 Å². The Morgan fingerprint density at radius 1 is 1.11 bits per heavy atom. The minimum Gasteiger partial charge on any atom is -0.313 e. The fraction of sp³-hybridized carbons (Fsp3) is 1.00. The van der Waals surface area contributed by atoms with Crippen molar-refractivity contribution in [1.82, 2.24) is 15.1 Å². The lowest BCUT2D eigenvalue weighted by Gasteiger charge is -2.30. The lowest BCUT2D eigenvalue weighted by Crippen LogP contribution is -2.42. The highest BCUT2D eigenvalue weighted by atomic mass is 32.2. The van der Waals surface area contributed by atoms with Crippen LogP contribution in [-0.2, 0) is 0 Å². The third-order valence-electron chi connectivity index (χ3n) is 4.04. The zero-order valence-corrected chi connectivity index (χ0v) is 12.7. The summed E-state index contributed by atoms with van der Waals surface area (Å²) >= 11 is 2.11. The van der Waals surface area contributed by atoms with E-state index in [1.165, 1.54) is 76.6 Å². The summed E-state index contributed by atoms with van der Waals surface area (Å²) in [5.41, 5.74) is 0. The van der Waals surface area contributed by atoms with Gasteiger partial charge in [0.15, 0.2) is 0 Å². The summed E-state index contributed by atoms with van der Waals surface area (Å²) in [4.78, 5) is 5.33. The maximum atomic E-state index is 3.69. The van der Waals surface area contributed by atoms with Gasteiger partial charge >= 0.3 is 0 Å². The Balaban J connectivity index is 1.69. The van der Waals surface area contributed by atoms with Gasteiger partial charge < -0.3 is 15.1 Å². The minimum atomic E-state index is 0.731. The van der Waals surface area contributed by atoms with Crippen LogP contribution in [-0.4, -0.2) is 73.2 Å². The van der Waals surface area contributed by atoms with Crippen molar-refractivity contribution < 1.29 is 0 Å². The fourth-order valence-corrected chi connectivity index (χ4v) is 3.91. The van der Waals surface area contributed by atoms with Crippen LogP contribution in [0.2, 0.25) is 0 Å². The van der Waals surface area contributed by atoms with Crippen LogP contribution in [0.25, 0.3) is 0 Å². The van der Waals surface area contributed by atoms with E-state index in [-0.39, 0.29) is 0 Å². The summed E-state index contributed by atoms with van der Waals surface area (Å²) in [5, 5.41) is 3.69. The van der Waals surface area contributed by atoms with Gasteiger partial charge in [-0.3, -0.25) is 0 Å². The molecule has 106 valence electrons. The van der Waals surface area contributed by atoms with Crippen molar-refractivity contribution in [3.63, 3.8) is 0 Å². The molecule has 1 N–H and O–H groups in total. The molecule has 0 aromatic carbocycles. The van der Waals surface area contributed by atoms with E-state index >= 15 is 0 Å². The molecule has 1 unspecified atom stereocenters. The van der Waals surface area contributed by atoms with Gasteiger partial charge in [-0.15, -0.1) is 0 Å². The molecule has 2 aliphatic heterocycles. The van der Waals surface area contributed by atoms with E-state index in [1.807, 2.05) is 0 Å². The smallest absolute Gasteiger partial charge is 0.0194 e. The first-order valence-corrected chi connectivity index (χ1v) is 8.80. The van der Waals surface area contributed by atoms with Crippen molar-refractivity contribution >= 4 is 11.8 Å². The van der Waals surface area contributed by atoms with Crippen LogP contribution < -0.4 is 5.32 Å². The third kappa shape index (κ3) is 5.08. The van der Waals surface area contributed by atoms with Crippen molar-refractivity contribution in [2.75, 3.05) is 57.3 Å². The van der Waals surface area contributed by atoms with Gasteiger partial charge in [-0.1, -0.05) is 13.3 Å². The Morgan fingerprint density at radius 2 is 1.89 bits per heavy atom. The average molecular weight is 271 g/mol. The van der Waals surface area contributed by atoms with Crippen molar-refractivity contribution in [2.45, 2.75) is 32.2 Å². The molecule has 0 aromatic heterocycles. The van der Waals surface area contributed by atoms with E-state index in [9.17, 15) is 0 Å². The molecule has 4 heteroatoms. The minimum absolute atomic E-state index is 0.731. The molecule has 0 bridgehead atoms. The second kappa shape index (κ2) is 8.41. The highest BCUT2D eigenvalue weighted by molar-refractivity contribution is 7.99. The van der Waals surface area contributed by atoms with Gasteiger partial charge in [0.05, 0.1) is 0 Å². The topological polar surface area (TPSA) is 18.5 Å². The summed E-state index contributed by atoms with van der Waals surface area (Å²) in [6.07, 6.45) is 3.95. The molecule has 2 aliphatic rings. The molecule has 0 aliphatic carbocycles. The molecular weight excluding hydrogens is 242 g/mol. The second-order valence-corrected chi connectivity index (χ2v) is 6.77. The molecule has 2 saturated heterocycles. The first-order valence-electron chi connectivity index (χ1n) is 7.64. The molecule has 0 saturated carbocycles. The summed E-state index contributed by atoms with van der Waals surface area (Å²) in [6.45, 7) is 11.2. The first-order chi connectivity index (χ1) is 8.88. The van der Waals surface area contributed by atoms with Crippen LogP contribution >= 0.6 is 11.8 Å². The van der Waals surface area contributed by atoms with Crippen molar-refractivity contribution in [2.24, 2.45) is 0 Å². The van der Waals surface area contributed by atoms with E-state index in [4.69, 9.17) is 0 Å². The van der Waals surface area contributed by atoms with E-state index in [2.05, 4.69) is 33.8 Å². The molecule has 0 aromatic rings. The van der Waals surface area contributed by atoms with Crippen molar-refractivity contribution in [1.29, 1.82) is 0 Å². The van der Waals surface area contributed by atoms with E-state index in [0.717, 1.165) is 6.04 Å². The number of rotatable bonds is 5. The quantitative estimate of drug-likeness (QED) is 0.816. The van der Waals surface area contributed by atoms with Gasteiger partial charge in [0.1, 0.15) is 0 Å². The Labute approximate surface area is 117 Å².